The van der Waals surface area contributed by atoms with Crippen LogP contribution in [0.25, 0.3) is 0 Å². The third-order valence-electron chi connectivity index (χ3n) is 4.68. The van der Waals surface area contributed by atoms with Crippen LogP contribution in [0.4, 0.5) is 11.8 Å². The number of hydrogen-bond donors (Lipinski definition) is 2. The number of nitrogens with one attached hydrogen (secondary N) is 2. The molecule has 0 radical (unpaired) electrons. The maximum absolute atomic E-state index is 5.20. The molecular weight excluding hydrogens is 312 g/mol. The number of nitrogens with zero attached hydrogens (tertiary/aromatic N) is 2. The number of rotatable bonds is 6. The minimum absolute atomic E-state index is 0.499. The van der Waals surface area contributed by atoms with Crippen molar-refractivity contribution in [3.8, 4) is 5.75 Å². The summed E-state index contributed by atoms with van der Waals surface area (Å²) in [5, 5.41) is 6.93. The summed E-state index contributed by atoms with van der Waals surface area (Å²) >= 11 is 0. The maximum Gasteiger partial charge on any atom is 0.225 e. The molecule has 2 aromatic rings. The first-order valence-corrected chi connectivity index (χ1v) is 9.22. The molecule has 1 fully saturated rings. The first-order valence-electron chi connectivity index (χ1n) is 9.22. The van der Waals surface area contributed by atoms with Crippen LogP contribution in [0.15, 0.2) is 30.3 Å². The molecule has 0 unspecified atom stereocenters. The van der Waals surface area contributed by atoms with E-state index >= 15 is 0 Å². The van der Waals surface area contributed by atoms with Gasteiger partial charge in [-0.3, -0.25) is 0 Å². The van der Waals surface area contributed by atoms with Crippen molar-refractivity contribution in [1.82, 2.24) is 9.97 Å². The van der Waals surface area contributed by atoms with Gasteiger partial charge in [-0.1, -0.05) is 37.8 Å². The molecule has 25 heavy (non-hydrogen) atoms. The van der Waals surface area contributed by atoms with E-state index in [2.05, 4.69) is 32.7 Å². The molecule has 1 aliphatic rings. The molecule has 5 heteroatoms. The van der Waals surface area contributed by atoms with Gasteiger partial charge in [0.2, 0.25) is 5.95 Å². The van der Waals surface area contributed by atoms with Gasteiger partial charge in [-0.25, -0.2) is 4.98 Å². The predicted octanol–water partition coefficient (Wildman–Crippen LogP) is 4.54. The zero-order chi connectivity index (χ0) is 17.5. The van der Waals surface area contributed by atoms with Crippen molar-refractivity contribution in [3.05, 3.63) is 41.6 Å². The minimum atomic E-state index is 0.499. The van der Waals surface area contributed by atoms with Gasteiger partial charge in [0.15, 0.2) is 0 Å². The van der Waals surface area contributed by atoms with Crippen molar-refractivity contribution in [1.29, 1.82) is 0 Å². The molecule has 1 aromatic heterocycles. The molecule has 0 aliphatic heterocycles. The number of anilines is 2. The molecule has 1 heterocycles. The SMILES string of the molecule is COc1ccc(CNc2cc(C)nc(NC3CCCCCC3)n2)cc1. The molecule has 2 N–H and O–H groups in total. The topological polar surface area (TPSA) is 59.1 Å². The van der Waals surface area contributed by atoms with Gasteiger partial charge in [-0.2, -0.15) is 4.98 Å². The van der Waals surface area contributed by atoms with E-state index in [0.717, 1.165) is 29.8 Å². The second-order valence-electron chi connectivity index (χ2n) is 6.75. The fourth-order valence-electron chi connectivity index (χ4n) is 3.27. The van der Waals surface area contributed by atoms with Crippen molar-refractivity contribution in [3.63, 3.8) is 0 Å². The quantitative estimate of drug-likeness (QED) is 0.756. The second kappa shape index (κ2) is 8.70. The van der Waals surface area contributed by atoms with Crippen molar-refractivity contribution >= 4 is 11.8 Å². The lowest BCUT2D eigenvalue weighted by Gasteiger charge is -2.17. The highest BCUT2D eigenvalue weighted by Crippen LogP contribution is 2.21. The molecule has 1 aromatic carbocycles. The standard InChI is InChI=1S/C20H28N4O/c1-15-13-19(21-14-16-9-11-18(25-2)12-10-16)24-20(22-15)23-17-7-5-3-4-6-8-17/h9-13,17H,3-8,14H2,1-2H3,(H2,21,22,23,24). The Hall–Kier alpha value is -2.30. The van der Waals surface area contributed by atoms with Crippen molar-refractivity contribution < 1.29 is 4.74 Å². The largest absolute Gasteiger partial charge is 0.497 e. The summed E-state index contributed by atoms with van der Waals surface area (Å²) in [6.07, 6.45) is 7.72. The van der Waals surface area contributed by atoms with Crippen LogP contribution >= 0.6 is 0 Å². The Labute approximate surface area is 150 Å². The van der Waals surface area contributed by atoms with Gasteiger partial charge in [-0.15, -0.1) is 0 Å². The Morgan fingerprint density at radius 1 is 1.04 bits per heavy atom. The minimum Gasteiger partial charge on any atom is -0.497 e. The molecule has 5 nitrogen and oxygen atoms in total. The highest BCUT2D eigenvalue weighted by molar-refractivity contribution is 5.43. The lowest BCUT2D eigenvalue weighted by Crippen LogP contribution is -2.20. The monoisotopic (exact) mass is 340 g/mol. The van der Waals surface area contributed by atoms with Crippen LogP contribution in [0, 0.1) is 6.92 Å². The van der Waals surface area contributed by atoms with Gasteiger partial charge in [0.25, 0.3) is 0 Å². The van der Waals surface area contributed by atoms with E-state index < -0.39 is 0 Å². The van der Waals surface area contributed by atoms with Gasteiger partial charge >= 0.3 is 0 Å². The fraction of sp³-hybridized carbons (Fsp3) is 0.500. The van der Waals surface area contributed by atoms with E-state index in [0.29, 0.717) is 6.04 Å². The first kappa shape index (κ1) is 17.5. The summed E-state index contributed by atoms with van der Waals surface area (Å²) < 4.78 is 5.20. The van der Waals surface area contributed by atoms with Crippen LogP contribution in [0.3, 0.4) is 0 Å². The first-order chi connectivity index (χ1) is 12.2. The Morgan fingerprint density at radius 3 is 2.44 bits per heavy atom. The van der Waals surface area contributed by atoms with Crippen LogP contribution in [0.2, 0.25) is 0 Å². The summed E-state index contributed by atoms with van der Waals surface area (Å²) in [6.45, 7) is 2.74. The normalized spacial score (nSPS) is 15.4. The highest BCUT2D eigenvalue weighted by atomic mass is 16.5. The average Bonchev–Trinajstić information content (AvgIpc) is 2.88. The zero-order valence-electron chi connectivity index (χ0n) is 15.2. The molecule has 134 valence electrons. The number of ether oxygens (including phenoxy) is 1. The molecular formula is C20H28N4O. The van der Waals surface area contributed by atoms with Crippen LogP contribution < -0.4 is 15.4 Å². The smallest absolute Gasteiger partial charge is 0.225 e. The Balaban J connectivity index is 1.61. The van der Waals surface area contributed by atoms with Crippen molar-refractivity contribution in [2.75, 3.05) is 17.7 Å². The number of aromatic nitrogens is 2. The molecule has 0 amide bonds. The van der Waals surface area contributed by atoms with Crippen LogP contribution in [0.1, 0.15) is 49.8 Å². The van der Waals surface area contributed by atoms with E-state index in [1.165, 1.54) is 44.1 Å². The van der Waals surface area contributed by atoms with Crippen LogP contribution in [-0.2, 0) is 6.54 Å². The summed E-state index contributed by atoms with van der Waals surface area (Å²) in [6, 6.07) is 10.6. The number of hydrogen-bond acceptors (Lipinski definition) is 5. The van der Waals surface area contributed by atoms with Gasteiger partial charge in [0, 0.05) is 24.3 Å². The van der Waals surface area contributed by atoms with E-state index in [1.807, 2.05) is 25.1 Å². The van der Waals surface area contributed by atoms with E-state index in [4.69, 9.17) is 4.74 Å². The second-order valence-corrected chi connectivity index (χ2v) is 6.75. The van der Waals surface area contributed by atoms with Crippen molar-refractivity contribution in [2.45, 2.75) is 58.0 Å². The van der Waals surface area contributed by atoms with Crippen LogP contribution in [0.5, 0.6) is 5.75 Å². The van der Waals surface area contributed by atoms with Crippen molar-refractivity contribution in [2.24, 2.45) is 0 Å². The lowest BCUT2D eigenvalue weighted by molar-refractivity contribution is 0.414. The molecule has 0 saturated heterocycles. The maximum atomic E-state index is 5.20. The van der Waals surface area contributed by atoms with E-state index in [1.54, 1.807) is 7.11 Å². The molecule has 0 bridgehead atoms. The Morgan fingerprint density at radius 2 is 1.76 bits per heavy atom. The molecule has 3 rings (SSSR count). The number of methoxy groups -OCH3 is 1. The fourth-order valence-corrected chi connectivity index (χ4v) is 3.27. The Kier molecular flexibility index (Phi) is 6.09. The molecule has 1 aliphatic carbocycles. The third-order valence-corrected chi connectivity index (χ3v) is 4.68. The molecule has 0 atom stereocenters. The lowest BCUT2D eigenvalue weighted by atomic mass is 10.1. The summed E-state index contributed by atoms with van der Waals surface area (Å²) in [7, 11) is 1.68. The molecule has 0 spiro atoms. The van der Waals surface area contributed by atoms with E-state index in [-0.39, 0.29) is 0 Å². The van der Waals surface area contributed by atoms with E-state index in [9.17, 15) is 0 Å². The number of aryl methyl sites for hydroxylation is 1. The predicted molar refractivity (Wildman–Crippen MR) is 102 cm³/mol. The van der Waals surface area contributed by atoms with Gasteiger partial charge < -0.3 is 15.4 Å². The molecule has 1 saturated carbocycles. The highest BCUT2D eigenvalue weighted by Gasteiger charge is 2.13. The van der Waals surface area contributed by atoms with Crippen LogP contribution in [-0.4, -0.2) is 23.1 Å². The average molecular weight is 340 g/mol. The number of benzene rings is 1. The third kappa shape index (κ3) is 5.34. The summed E-state index contributed by atoms with van der Waals surface area (Å²) in [4.78, 5) is 9.21. The van der Waals surface area contributed by atoms with Gasteiger partial charge in [0.05, 0.1) is 7.11 Å². The summed E-state index contributed by atoms with van der Waals surface area (Å²) in [5.41, 5.74) is 2.17. The zero-order valence-corrected chi connectivity index (χ0v) is 15.2. The van der Waals surface area contributed by atoms with Gasteiger partial charge in [-0.05, 0) is 37.5 Å². The van der Waals surface area contributed by atoms with Gasteiger partial charge in [0.1, 0.15) is 11.6 Å². The summed E-state index contributed by atoms with van der Waals surface area (Å²) in [5.74, 6) is 2.47. The Bertz CT molecular complexity index is 664.